The van der Waals surface area contributed by atoms with Crippen LogP contribution in [-0.4, -0.2) is 42.1 Å². The summed E-state index contributed by atoms with van der Waals surface area (Å²) in [5, 5.41) is 9.48. The van der Waals surface area contributed by atoms with E-state index in [2.05, 4.69) is 6.92 Å². The van der Waals surface area contributed by atoms with E-state index in [0.717, 1.165) is 36.5 Å². The van der Waals surface area contributed by atoms with Crippen molar-refractivity contribution < 1.29 is 22.8 Å². The number of nitrogens with zero attached hydrogens (tertiary/aromatic N) is 2. The lowest BCUT2D eigenvalue weighted by molar-refractivity contribution is 0.0697. The number of carbonyl (C=O) groups is 1. The van der Waals surface area contributed by atoms with E-state index < -0.39 is 21.6 Å². The minimum atomic E-state index is -3.93. The van der Waals surface area contributed by atoms with Gasteiger partial charge in [0, 0.05) is 20.6 Å². The van der Waals surface area contributed by atoms with Gasteiger partial charge in [0.05, 0.1) is 15.8 Å². The molecule has 0 aliphatic rings. The van der Waals surface area contributed by atoms with Crippen molar-refractivity contribution in [3.8, 4) is 0 Å². The third kappa shape index (κ3) is 9.60. The van der Waals surface area contributed by atoms with Gasteiger partial charge >= 0.3 is 11.6 Å². The predicted molar refractivity (Wildman–Crippen MR) is 148 cm³/mol. The molecule has 0 amide bonds. The second kappa shape index (κ2) is 16.0. The highest BCUT2D eigenvalue weighted by atomic mass is 32.2. The first-order chi connectivity index (χ1) is 17.7. The molecule has 1 aromatic heterocycles. The molecule has 0 spiro atoms. The Morgan fingerprint density at radius 1 is 0.865 bits per heavy atom. The molecule has 8 nitrogen and oxygen atoms in total. The van der Waals surface area contributed by atoms with E-state index in [4.69, 9.17) is 4.52 Å². The number of aromatic nitrogens is 1. The molecule has 1 heterocycles. The molecule has 1 N–H and O–H groups in total. The van der Waals surface area contributed by atoms with Gasteiger partial charge in [-0.15, -0.1) is 0 Å². The summed E-state index contributed by atoms with van der Waals surface area (Å²) < 4.78 is 33.3. The summed E-state index contributed by atoms with van der Waals surface area (Å²) in [6, 6.07) is 2.30. The van der Waals surface area contributed by atoms with Crippen LogP contribution in [0, 0.1) is 0 Å². The van der Waals surface area contributed by atoms with Crippen molar-refractivity contribution in [3.63, 3.8) is 0 Å². The maximum Gasteiger partial charge on any atom is 0.365 e. The molecular formula is C28H46N2O6S. The van der Waals surface area contributed by atoms with Gasteiger partial charge in [0.2, 0.25) is 10.0 Å². The highest BCUT2D eigenvalue weighted by Gasteiger charge is 2.26. The normalized spacial score (nSPS) is 12.1. The monoisotopic (exact) mass is 538 g/mol. The number of fused-ring (bicyclic) bond motifs is 1. The van der Waals surface area contributed by atoms with E-state index in [-0.39, 0.29) is 21.4 Å². The molecule has 9 heteroatoms. The molecule has 37 heavy (non-hydrogen) atoms. The molecule has 0 radical (unpaired) electrons. The van der Waals surface area contributed by atoms with Crippen molar-refractivity contribution in [1.29, 1.82) is 0 Å². The van der Waals surface area contributed by atoms with Gasteiger partial charge in [-0.05, 0) is 18.6 Å². The van der Waals surface area contributed by atoms with Gasteiger partial charge in [0.25, 0.3) is 0 Å². The topological polar surface area (TPSA) is 110 Å². The Balaban J connectivity index is 1.66. The molecule has 2 rings (SSSR count). The van der Waals surface area contributed by atoms with Crippen LogP contribution < -0.4 is 5.63 Å². The molecule has 0 unspecified atom stereocenters. The summed E-state index contributed by atoms with van der Waals surface area (Å²) in [6.45, 7) is 2.59. The first kappa shape index (κ1) is 31.1. The number of carboxylic acid groups (broad SMARTS) is 1. The number of aryl methyl sites for hydroxylation is 1. The Labute approximate surface area is 222 Å². The minimum absolute atomic E-state index is 0.0585. The number of hydrogen-bond donors (Lipinski definition) is 1. The molecule has 0 bridgehead atoms. The highest BCUT2D eigenvalue weighted by molar-refractivity contribution is 7.89. The van der Waals surface area contributed by atoms with Crippen LogP contribution in [0.15, 0.2) is 26.3 Å². The molecule has 210 valence electrons. The summed E-state index contributed by atoms with van der Waals surface area (Å²) >= 11 is 0. The lowest BCUT2D eigenvalue weighted by atomic mass is 10.0. The summed E-state index contributed by atoms with van der Waals surface area (Å²) in [5.41, 5.74) is -0.977. The maximum absolute atomic E-state index is 13.1. The first-order valence-corrected chi connectivity index (χ1v) is 15.5. The quantitative estimate of drug-likeness (QED) is 0.188. The van der Waals surface area contributed by atoms with E-state index in [0.29, 0.717) is 6.54 Å². The second-order valence-corrected chi connectivity index (χ2v) is 12.2. The number of hydrogen-bond acceptors (Lipinski definition) is 5. The van der Waals surface area contributed by atoms with Crippen LogP contribution in [0.2, 0.25) is 0 Å². The zero-order chi connectivity index (χ0) is 27.3. The van der Waals surface area contributed by atoms with Crippen LogP contribution >= 0.6 is 0 Å². The Morgan fingerprint density at radius 3 is 1.78 bits per heavy atom. The SMILES string of the molecule is CCCCCCCCCCCCCCCCCCN(C)S(=O)(=O)c1cc(C(=O)O)c2c(c1)c(=O)on2C. The fourth-order valence-corrected chi connectivity index (χ4v) is 6.08. The van der Waals surface area contributed by atoms with Crippen molar-refractivity contribution >= 4 is 26.9 Å². The van der Waals surface area contributed by atoms with E-state index in [1.807, 2.05) is 0 Å². The van der Waals surface area contributed by atoms with Gasteiger partial charge in [-0.1, -0.05) is 103 Å². The molecular weight excluding hydrogens is 492 g/mol. The molecule has 0 atom stereocenters. The summed E-state index contributed by atoms with van der Waals surface area (Å²) in [4.78, 5) is 23.6. The smallest absolute Gasteiger partial charge is 0.365 e. The number of aromatic carboxylic acids is 1. The van der Waals surface area contributed by atoms with Crippen molar-refractivity contribution in [2.75, 3.05) is 13.6 Å². The van der Waals surface area contributed by atoms with Crippen molar-refractivity contribution in [3.05, 3.63) is 28.1 Å². The van der Waals surface area contributed by atoms with Crippen LogP contribution in [0.5, 0.6) is 0 Å². The van der Waals surface area contributed by atoms with Gasteiger partial charge in [-0.25, -0.2) is 27.1 Å². The summed E-state index contributed by atoms with van der Waals surface area (Å²) in [6.07, 6.45) is 20.0. The van der Waals surface area contributed by atoms with Gasteiger partial charge in [-0.2, -0.15) is 0 Å². The lowest BCUT2D eigenvalue weighted by Crippen LogP contribution is -2.28. The summed E-state index contributed by atoms with van der Waals surface area (Å²) in [7, 11) is -1.04. The fourth-order valence-electron chi connectivity index (χ4n) is 4.82. The Morgan fingerprint density at radius 2 is 1.32 bits per heavy atom. The zero-order valence-electron chi connectivity index (χ0n) is 23.0. The van der Waals surface area contributed by atoms with Crippen LogP contribution in [0.1, 0.15) is 120 Å². The standard InChI is InChI=1S/C28H46N2O6S/c1-4-5-6-7-8-9-10-11-12-13-14-15-16-17-18-19-20-29(2)37(34,35)23-21-24(27(31)32)26-25(22-23)28(33)36-30(26)3/h21-22H,4-20H2,1-3H3,(H,31,32). The van der Waals surface area contributed by atoms with Crippen molar-refractivity contribution in [1.82, 2.24) is 9.05 Å². The molecule has 0 fully saturated rings. The predicted octanol–water partition coefficient (Wildman–Crippen LogP) is 6.71. The van der Waals surface area contributed by atoms with Crippen LogP contribution in [0.25, 0.3) is 10.9 Å². The van der Waals surface area contributed by atoms with Crippen LogP contribution in [0.4, 0.5) is 0 Å². The molecule has 0 saturated heterocycles. The second-order valence-electron chi connectivity index (χ2n) is 10.2. The average molecular weight is 539 g/mol. The molecule has 0 saturated carbocycles. The fraction of sp³-hybridized carbons (Fsp3) is 0.714. The Kier molecular flexibility index (Phi) is 13.4. The average Bonchev–Trinajstić information content (AvgIpc) is 3.16. The van der Waals surface area contributed by atoms with E-state index >= 15 is 0 Å². The number of benzene rings is 1. The van der Waals surface area contributed by atoms with Crippen molar-refractivity contribution in [2.24, 2.45) is 7.05 Å². The first-order valence-electron chi connectivity index (χ1n) is 14.0. The van der Waals surface area contributed by atoms with Crippen LogP contribution in [-0.2, 0) is 17.1 Å². The number of unbranched alkanes of at least 4 members (excludes halogenated alkanes) is 15. The van der Waals surface area contributed by atoms with Gasteiger partial charge in [-0.3, -0.25) is 0 Å². The van der Waals surface area contributed by atoms with Gasteiger partial charge in [0.15, 0.2) is 0 Å². The minimum Gasteiger partial charge on any atom is -0.478 e. The van der Waals surface area contributed by atoms with Gasteiger partial charge in [0.1, 0.15) is 5.52 Å². The highest BCUT2D eigenvalue weighted by Crippen LogP contribution is 2.24. The van der Waals surface area contributed by atoms with E-state index in [9.17, 15) is 23.1 Å². The van der Waals surface area contributed by atoms with E-state index in [1.54, 1.807) is 0 Å². The number of rotatable bonds is 20. The lowest BCUT2D eigenvalue weighted by Gasteiger charge is -2.17. The molecule has 1 aromatic carbocycles. The van der Waals surface area contributed by atoms with Crippen LogP contribution in [0.3, 0.4) is 0 Å². The molecule has 0 aliphatic heterocycles. The molecule has 2 aromatic rings. The number of carboxylic acids is 1. The Hall–Kier alpha value is -2.13. The third-order valence-electron chi connectivity index (χ3n) is 7.10. The van der Waals surface area contributed by atoms with Gasteiger partial charge < -0.3 is 9.63 Å². The maximum atomic E-state index is 13.1. The Bertz CT molecular complexity index is 1140. The van der Waals surface area contributed by atoms with Crippen molar-refractivity contribution in [2.45, 2.75) is 115 Å². The summed E-state index contributed by atoms with van der Waals surface area (Å²) in [5.74, 6) is -1.32. The van der Waals surface area contributed by atoms with E-state index in [1.165, 1.54) is 102 Å². The molecule has 0 aliphatic carbocycles. The zero-order valence-corrected chi connectivity index (χ0v) is 23.8. The number of sulfonamides is 1. The third-order valence-corrected chi connectivity index (χ3v) is 8.94. The largest absolute Gasteiger partial charge is 0.478 e.